The van der Waals surface area contributed by atoms with E-state index >= 15 is 0 Å². The molecule has 0 unspecified atom stereocenters. The average molecular weight is 275 g/mol. The van der Waals surface area contributed by atoms with E-state index < -0.39 is 17.3 Å². The Labute approximate surface area is 104 Å². The van der Waals surface area contributed by atoms with Crippen molar-refractivity contribution in [1.82, 2.24) is 10.2 Å². The zero-order valence-corrected chi connectivity index (χ0v) is 9.51. The van der Waals surface area contributed by atoms with E-state index in [9.17, 15) is 18.0 Å². The number of aromatic nitrogens is 2. The summed E-state index contributed by atoms with van der Waals surface area (Å²) in [5, 5.41) is 5.75. The van der Waals surface area contributed by atoms with Gasteiger partial charge in [-0.1, -0.05) is 11.6 Å². The number of hydrogen-bond donors (Lipinski definition) is 1. The lowest BCUT2D eigenvalue weighted by molar-refractivity contribution is -0.137. The highest BCUT2D eigenvalue weighted by atomic mass is 35.5. The molecule has 0 amide bonds. The van der Waals surface area contributed by atoms with E-state index in [0.717, 1.165) is 12.1 Å². The summed E-state index contributed by atoms with van der Waals surface area (Å²) in [5.41, 5.74) is -0.900. The van der Waals surface area contributed by atoms with Crippen LogP contribution in [0.2, 0.25) is 5.02 Å². The van der Waals surface area contributed by atoms with Crippen LogP contribution in [0.1, 0.15) is 5.56 Å². The minimum atomic E-state index is -4.48. The molecule has 0 radical (unpaired) electrons. The van der Waals surface area contributed by atoms with Gasteiger partial charge < -0.3 is 0 Å². The van der Waals surface area contributed by atoms with E-state index in [0.29, 0.717) is 0 Å². The number of nitrogens with one attached hydrogen (secondary N) is 1. The van der Waals surface area contributed by atoms with Crippen molar-refractivity contribution in [3.63, 3.8) is 0 Å². The van der Waals surface area contributed by atoms with E-state index in [1.807, 2.05) is 0 Å². The Morgan fingerprint density at radius 3 is 2.44 bits per heavy atom. The van der Waals surface area contributed by atoms with Gasteiger partial charge in [0, 0.05) is 16.7 Å². The summed E-state index contributed by atoms with van der Waals surface area (Å²) in [7, 11) is 0. The summed E-state index contributed by atoms with van der Waals surface area (Å²) in [6.07, 6.45) is -4.48. The number of rotatable bonds is 1. The second-order valence-electron chi connectivity index (χ2n) is 3.53. The van der Waals surface area contributed by atoms with Crippen LogP contribution in [-0.4, -0.2) is 10.2 Å². The van der Waals surface area contributed by atoms with Crippen LogP contribution in [0.25, 0.3) is 11.3 Å². The third kappa shape index (κ3) is 2.70. The molecule has 7 heteroatoms. The molecule has 94 valence electrons. The molecule has 1 heterocycles. The lowest BCUT2D eigenvalue weighted by Gasteiger charge is -2.09. The Morgan fingerprint density at radius 2 is 1.89 bits per heavy atom. The summed E-state index contributed by atoms with van der Waals surface area (Å²) in [4.78, 5) is 10.8. The average Bonchev–Trinajstić information content (AvgIpc) is 2.28. The molecule has 2 aromatic rings. The fourth-order valence-corrected chi connectivity index (χ4v) is 1.64. The molecule has 0 fully saturated rings. The van der Waals surface area contributed by atoms with Crippen LogP contribution >= 0.6 is 11.6 Å². The second kappa shape index (κ2) is 4.45. The summed E-state index contributed by atoms with van der Waals surface area (Å²) >= 11 is 5.64. The van der Waals surface area contributed by atoms with Crippen molar-refractivity contribution < 1.29 is 13.2 Å². The van der Waals surface area contributed by atoms with E-state index in [4.69, 9.17) is 11.6 Å². The van der Waals surface area contributed by atoms with Crippen molar-refractivity contribution in [3.05, 3.63) is 51.3 Å². The van der Waals surface area contributed by atoms with Gasteiger partial charge in [0.15, 0.2) is 0 Å². The smallest absolute Gasteiger partial charge is 0.268 e. The highest BCUT2D eigenvalue weighted by Gasteiger charge is 2.31. The van der Waals surface area contributed by atoms with Crippen molar-refractivity contribution in [2.45, 2.75) is 6.18 Å². The Bertz CT molecular complexity index is 616. The topological polar surface area (TPSA) is 45.8 Å². The van der Waals surface area contributed by atoms with E-state index in [1.165, 1.54) is 18.2 Å². The van der Waals surface area contributed by atoms with Gasteiger partial charge in [0.1, 0.15) is 0 Å². The number of halogens is 4. The predicted octanol–water partition coefficient (Wildman–Crippen LogP) is 3.11. The number of nitrogens with zero attached hydrogens (tertiary/aromatic N) is 1. The van der Waals surface area contributed by atoms with Gasteiger partial charge in [0.25, 0.3) is 5.56 Å². The molecule has 2 rings (SSSR count). The standard InChI is InChI=1S/C11H6ClF3N2O/c12-8-4-6(3-7(5-8)11(13,14)15)9-1-2-10(18)17-16-9/h1-5H,(H,17,18). The molecule has 3 nitrogen and oxygen atoms in total. The molecule has 0 aliphatic rings. The minimum absolute atomic E-state index is 0.0483. The molecule has 0 atom stereocenters. The van der Waals surface area contributed by atoms with Crippen LogP contribution in [0.15, 0.2) is 35.1 Å². The van der Waals surface area contributed by atoms with E-state index in [1.54, 1.807) is 0 Å². The maximum absolute atomic E-state index is 12.6. The molecule has 18 heavy (non-hydrogen) atoms. The highest BCUT2D eigenvalue weighted by Crippen LogP contribution is 2.34. The molecule has 0 bridgehead atoms. The molecule has 0 aliphatic carbocycles. The molecule has 1 aromatic carbocycles. The quantitative estimate of drug-likeness (QED) is 0.868. The maximum Gasteiger partial charge on any atom is 0.416 e. The van der Waals surface area contributed by atoms with Gasteiger partial charge in [-0.3, -0.25) is 4.79 Å². The first-order chi connectivity index (χ1) is 8.36. The number of aromatic amines is 1. The first kappa shape index (κ1) is 12.6. The van der Waals surface area contributed by atoms with Crippen LogP contribution in [0.3, 0.4) is 0 Å². The zero-order chi connectivity index (χ0) is 13.3. The molecule has 1 aromatic heterocycles. The molecular weight excluding hydrogens is 269 g/mol. The summed E-state index contributed by atoms with van der Waals surface area (Å²) in [6.45, 7) is 0. The molecular formula is C11H6ClF3N2O. The number of alkyl halides is 3. The molecule has 0 aliphatic heterocycles. The van der Waals surface area contributed by atoms with Gasteiger partial charge in [0.05, 0.1) is 11.3 Å². The van der Waals surface area contributed by atoms with Crippen LogP contribution in [0.4, 0.5) is 13.2 Å². The first-order valence-corrected chi connectivity index (χ1v) is 5.18. The largest absolute Gasteiger partial charge is 0.416 e. The lowest BCUT2D eigenvalue weighted by atomic mass is 10.1. The van der Waals surface area contributed by atoms with E-state index in [-0.39, 0.29) is 16.3 Å². The number of benzene rings is 1. The van der Waals surface area contributed by atoms with Crippen molar-refractivity contribution in [2.75, 3.05) is 0 Å². The first-order valence-electron chi connectivity index (χ1n) is 4.80. The summed E-state index contributed by atoms with van der Waals surface area (Å²) in [5.74, 6) is 0. The molecule has 1 N–H and O–H groups in total. The van der Waals surface area contributed by atoms with Crippen LogP contribution in [0, 0.1) is 0 Å². The molecule has 0 saturated carbocycles. The second-order valence-corrected chi connectivity index (χ2v) is 3.97. The SMILES string of the molecule is O=c1ccc(-c2cc(Cl)cc(C(F)(F)F)c2)n[nH]1. The Hall–Kier alpha value is -1.82. The van der Waals surface area contributed by atoms with Crippen molar-refractivity contribution in [3.8, 4) is 11.3 Å². The van der Waals surface area contributed by atoms with Gasteiger partial charge in [-0.05, 0) is 24.3 Å². The number of H-pyrrole nitrogens is 1. The van der Waals surface area contributed by atoms with Gasteiger partial charge in [-0.15, -0.1) is 0 Å². The Morgan fingerprint density at radius 1 is 1.17 bits per heavy atom. The summed E-state index contributed by atoms with van der Waals surface area (Å²) in [6, 6.07) is 5.60. The fraction of sp³-hybridized carbons (Fsp3) is 0.0909. The lowest BCUT2D eigenvalue weighted by Crippen LogP contribution is -2.07. The fourth-order valence-electron chi connectivity index (χ4n) is 1.41. The van der Waals surface area contributed by atoms with Crippen LogP contribution in [-0.2, 0) is 6.18 Å². The number of hydrogen-bond acceptors (Lipinski definition) is 2. The monoisotopic (exact) mass is 274 g/mol. The van der Waals surface area contributed by atoms with Crippen molar-refractivity contribution in [1.29, 1.82) is 0 Å². The highest BCUT2D eigenvalue weighted by molar-refractivity contribution is 6.30. The summed E-state index contributed by atoms with van der Waals surface area (Å²) < 4.78 is 37.8. The van der Waals surface area contributed by atoms with E-state index in [2.05, 4.69) is 10.2 Å². The third-order valence-electron chi connectivity index (χ3n) is 2.20. The Kier molecular flexibility index (Phi) is 3.13. The molecule has 0 saturated heterocycles. The van der Waals surface area contributed by atoms with Gasteiger partial charge in [-0.25, -0.2) is 5.10 Å². The van der Waals surface area contributed by atoms with Crippen molar-refractivity contribution in [2.24, 2.45) is 0 Å². The normalized spacial score (nSPS) is 11.6. The van der Waals surface area contributed by atoms with Gasteiger partial charge in [0.2, 0.25) is 0 Å². The third-order valence-corrected chi connectivity index (χ3v) is 2.42. The van der Waals surface area contributed by atoms with Gasteiger partial charge in [-0.2, -0.15) is 18.3 Å². The molecule has 0 spiro atoms. The Balaban J connectivity index is 2.55. The maximum atomic E-state index is 12.6. The zero-order valence-electron chi connectivity index (χ0n) is 8.75. The van der Waals surface area contributed by atoms with Crippen LogP contribution in [0.5, 0.6) is 0 Å². The predicted molar refractivity (Wildman–Crippen MR) is 60.3 cm³/mol. The van der Waals surface area contributed by atoms with Gasteiger partial charge >= 0.3 is 6.18 Å². The minimum Gasteiger partial charge on any atom is -0.268 e. The van der Waals surface area contributed by atoms with Crippen LogP contribution < -0.4 is 5.56 Å². The van der Waals surface area contributed by atoms with Crippen molar-refractivity contribution >= 4 is 11.6 Å².